The van der Waals surface area contributed by atoms with E-state index in [1.165, 1.54) is 0 Å². The highest BCUT2D eigenvalue weighted by Crippen LogP contribution is 2.35. The number of hydrogen-bond donors (Lipinski definition) is 1. The third-order valence-electron chi connectivity index (χ3n) is 2.62. The summed E-state index contributed by atoms with van der Waals surface area (Å²) >= 11 is 0. The maximum Gasteiger partial charge on any atom is 0.555 e. The Bertz CT molecular complexity index is 154. The minimum absolute atomic E-state index is 0.222. The van der Waals surface area contributed by atoms with Crippen LogP contribution >= 0.6 is 0 Å². The second kappa shape index (κ2) is 3.02. The SMILES string of the molecule is CCNB1OC(C)(C)C(C)(C)O1. The van der Waals surface area contributed by atoms with Crippen molar-refractivity contribution in [2.45, 2.75) is 45.8 Å². The van der Waals surface area contributed by atoms with Crippen LogP contribution < -0.4 is 5.23 Å². The summed E-state index contributed by atoms with van der Waals surface area (Å²) in [6.45, 7) is 11.1. The van der Waals surface area contributed by atoms with E-state index >= 15 is 0 Å². The largest absolute Gasteiger partial charge is 0.555 e. The average molecular weight is 171 g/mol. The predicted molar refractivity (Wildman–Crippen MR) is 49.8 cm³/mol. The predicted octanol–water partition coefficient (Wildman–Crippen LogP) is 1.18. The third-order valence-corrected chi connectivity index (χ3v) is 2.62. The summed E-state index contributed by atoms with van der Waals surface area (Å²) in [6.07, 6.45) is 0. The van der Waals surface area contributed by atoms with Crippen molar-refractivity contribution in [3.05, 3.63) is 0 Å². The highest BCUT2D eigenvalue weighted by molar-refractivity contribution is 6.42. The Morgan fingerprint density at radius 2 is 1.50 bits per heavy atom. The van der Waals surface area contributed by atoms with Crippen molar-refractivity contribution < 1.29 is 9.31 Å². The summed E-state index contributed by atoms with van der Waals surface area (Å²) in [6, 6.07) is 0. The van der Waals surface area contributed by atoms with Crippen LogP contribution in [0.5, 0.6) is 0 Å². The maximum atomic E-state index is 5.67. The van der Waals surface area contributed by atoms with Gasteiger partial charge >= 0.3 is 7.25 Å². The van der Waals surface area contributed by atoms with Crippen molar-refractivity contribution in [3.8, 4) is 0 Å². The Balaban J connectivity index is 2.61. The molecule has 1 rings (SSSR count). The van der Waals surface area contributed by atoms with E-state index in [-0.39, 0.29) is 18.5 Å². The number of rotatable bonds is 2. The molecule has 0 aliphatic carbocycles. The van der Waals surface area contributed by atoms with Crippen LogP contribution in [-0.4, -0.2) is 25.0 Å². The van der Waals surface area contributed by atoms with Crippen LogP contribution in [0.15, 0.2) is 0 Å². The van der Waals surface area contributed by atoms with Crippen molar-refractivity contribution in [2.75, 3.05) is 6.54 Å². The lowest BCUT2D eigenvalue weighted by atomic mass is 9.90. The molecule has 1 N–H and O–H groups in total. The van der Waals surface area contributed by atoms with Crippen molar-refractivity contribution in [1.29, 1.82) is 0 Å². The van der Waals surface area contributed by atoms with Gasteiger partial charge in [0.2, 0.25) is 0 Å². The molecule has 1 aliphatic rings. The van der Waals surface area contributed by atoms with Gasteiger partial charge in [-0.1, -0.05) is 6.92 Å². The highest BCUT2D eigenvalue weighted by Gasteiger charge is 2.51. The van der Waals surface area contributed by atoms with Crippen LogP contribution in [-0.2, 0) is 9.31 Å². The van der Waals surface area contributed by atoms with Gasteiger partial charge in [0.05, 0.1) is 11.2 Å². The molecule has 0 amide bonds. The fourth-order valence-electron chi connectivity index (χ4n) is 1.09. The zero-order chi connectivity index (χ0) is 9.41. The van der Waals surface area contributed by atoms with E-state index in [1.54, 1.807) is 0 Å². The summed E-state index contributed by atoms with van der Waals surface area (Å²) in [7, 11) is -0.250. The zero-order valence-corrected chi connectivity index (χ0v) is 8.60. The summed E-state index contributed by atoms with van der Waals surface area (Å²) in [5, 5.41) is 3.11. The van der Waals surface area contributed by atoms with Gasteiger partial charge in [0.15, 0.2) is 0 Å². The quantitative estimate of drug-likeness (QED) is 0.633. The molecule has 0 aromatic carbocycles. The molecule has 0 aromatic heterocycles. The Morgan fingerprint density at radius 3 is 1.83 bits per heavy atom. The zero-order valence-electron chi connectivity index (χ0n) is 8.60. The molecule has 0 radical (unpaired) electrons. The van der Waals surface area contributed by atoms with Crippen LogP contribution in [0.4, 0.5) is 0 Å². The van der Waals surface area contributed by atoms with E-state index in [4.69, 9.17) is 9.31 Å². The Labute approximate surface area is 75.0 Å². The third kappa shape index (κ3) is 1.65. The van der Waals surface area contributed by atoms with Gasteiger partial charge in [-0.25, -0.2) is 0 Å². The van der Waals surface area contributed by atoms with Gasteiger partial charge in [-0.15, -0.1) is 0 Å². The van der Waals surface area contributed by atoms with Crippen molar-refractivity contribution in [2.24, 2.45) is 0 Å². The van der Waals surface area contributed by atoms with E-state index in [1.807, 2.05) is 34.6 Å². The van der Waals surface area contributed by atoms with Gasteiger partial charge in [0.25, 0.3) is 0 Å². The summed E-state index contributed by atoms with van der Waals surface area (Å²) in [5.74, 6) is 0. The Kier molecular flexibility index (Phi) is 2.52. The second-order valence-corrected chi connectivity index (χ2v) is 4.15. The van der Waals surface area contributed by atoms with E-state index < -0.39 is 0 Å². The first-order chi connectivity index (χ1) is 5.39. The van der Waals surface area contributed by atoms with Crippen LogP contribution in [0.2, 0.25) is 0 Å². The molecule has 3 nitrogen and oxygen atoms in total. The summed E-state index contributed by atoms with van der Waals surface area (Å²) in [4.78, 5) is 0. The molecular weight excluding hydrogens is 153 g/mol. The standard InChI is InChI=1S/C8H18BNO2/c1-6-10-9-11-7(2,3)8(4,5)12-9/h10H,6H2,1-5H3. The molecular formula is C8H18BNO2. The van der Waals surface area contributed by atoms with Crippen LogP contribution in [0.25, 0.3) is 0 Å². The van der Waals surface area contributed by atoms with Crippen molar-refractivity contribution in [3.63, 3.8) is 0 Å². The topological polar surface area (TPSA) is 30.5 Å². The first-order valence-corrected chi connectivity index (χ1v) is 4.48. The van der Waals surface area contributed by atoms with E-state index in [0.29, 0.717) is 0 Å². The lowest BCUT2D eigenvalue weighted by molar-refractivity contribution is 0.00578. The average Bonchev–Trinajstić information content (AvgIpc) is 2.02. The van der Waals surface area contributed by atoms with Crippen molar-refractivity contribution in [1.82, 2.24) is 5.23 Å². The summed E-state index contributed by atoms with van der Waals surface area (Å²) in [5.41, 5.74) is -0.445. The van der Waals surface area contributed by atoms with Crippen molar-refractivity contribution >= 4 is 7.25 Å². The van der Waals surface area contributed by atoms with Gasteiger partial charge in [-0.2, -0.15) is 0 Å². The van der Waals surface area contributed by atoms with Crippen LogP contribution in [0.3, 0.4) is 0 Å². The van der Waals surface area contributed by atoms with Gasteiger partial charge in [-0.05, 0) is 34.2 Å². The molecule has 0 spiro atoms. The highest BCUT2D eigenvalue weighted by atomic mass is 16.7. The molecule has 12 heavy (non-hydrogen) atoms. The lowest BCUT2D eigenvalue weighted by Gasteiger charge is -2.32. The molecule has 1 heterocycles. The molecule has 0 unspecified atom stereocenters. The fraction of sp³-hybridized carbons (Fsp3) is 1.00. The molecule has 0 atom stereocenters. The fourth-order valence-corrected chi connectivity index (χ4v) is 1.09. The molecule has 1 saturated heterocycles. The van der Waals surface area contributed by atoms with E-state index in [0.717, 1.165) is 6.54 Å². The van der Waals surface area contributed by atoms with Crippen LogP contribution in [0.1, 0.15) is 34.6 Å². The first kappa shape index (κ1) is 10.0. The summed E-state index contributed by atoms with van der Waals surface area (Å²) < 4.78 is 11.3. The van der Waals surface area contributed by atoms with E-state index in [2.05, 4.69) is 5.23 Å². The molecule has 0 saturated carbocycles. The van der Waals surface area contributed by atoms with Gasteiger partial charge in [0.1, 0.15) is 0 Å². The Hall–Kier alpha value is -0.0551. The molecule has 0 aromatic rings. The monoisotopic (exact) mass is 171 g/mol. The van der Waals surface area contributed by atoms with Gasteiger partial charge in [0, 0.05) is 0 Å². The first-order valence-electron chi connectivity index (χ1n) is 4.48. The minimum atomic E-state index is -0.250. The normalized spacial score (nSPS) is 26.2. The van der Waals surface area contributed by atoms with Gasteiger partial charge in [-0.3, -0.25) is 0 Å². The number of nitrogens with one attached hydrogen (secondary N) is 1. The molecule has 4 heteroatoms. The Morgan fingerprint density at radius 1 is 1.08 bits per heavy atom. The minimum Gasteiger partial charge on any atom is -0.389 e. The molecule has 1 fully saturated rings. The molecule has 1 aliphatic heterocycles. The second-order valence-electron chi connectivity index (χ2n) is 4.15. The smallest absolute Gasteiger partial charge is 0.389 e. The lowest BCUT2D eigenvalue weighted by Crippen LogP contribution is -2.41. The maximum absolute atomic E-state index is 5.67. The van der Waals surface area contributed by atoms with Gasteiger partial charge < -0.3 is 14.5 Å². The molecule has 70 valence electrons. The van der Waals surface area contributed by atoms with E-state index in [9.17, 15) is 0 Å². The molecule has 0 bridgehead atoms. The van der Waals surface area contributed by atoms with Crippen LogP contribution in [0, 0.1) is 0 Å². The number of hydrogen-bond acceptors (Lipinski definition) is 3.